The number of imidazole rings is 1. The maximum absolute atomic E-state index is 13.4. The minimum atomic E-state index is -1.16. The number of nitrogens with zero attached hydrogens (tertiary/aromatic N) is 2. The van der Waals surface area contributed by atoms with Gasteiger partial charge in [-0.05, 0) is 105 Å². The zero-order valence-corrected chi connectivity index (χ0v) is 29.2. The topological polar surface area (TPSA) is 180 Å². The van der Waals surface area contributed by atoms with E-state index in [-0.39, 0.29) is 28.4 Å². The van der Waals surface area contributed by atoms with Gasteiger partial charge in [0, 0.05) is 52.6 Å². The number of carboxylic acids is 1. The molecule has 0 aliphatic rings. The maximum atomic E-state index is 13.4. The van der Waals surface area contributed by atoms with Crippen molar-refractivity contribution in [2.45, 2.75) is 6.54 Å². The third-order valence-corrected chi connectivity index (χ3v) is 9.67. The lowest BCUT2D eigenvalue weighted by atomic mass is 9.88. The Hall–Kier alpha value is -7.17. The monoisotopic (exact) mass is 730 g/mol. The van der Waals surface area contributed by atoms with E-state index in [0.717, 1.165) is 49.5 Å². The van der Waals surface area contributed by atoms with Crippen molar-refractivity contribution in [2.75, 3.05) is 11.5 Å². The molecule has 2 heterocycles. The van der Waals surface area contributed by atoms with Gasteiger partial charge in [-0.25, -0.2) is 9.78 Å². The number of hydrogen-bond acceptors (Lipinski definition) is 7. The van der Waals surface area contributed by atoms with Crippen molar-refractivity contribution in [3.63, 3.8) is 0 Å². The van der Waals surface area contributed by atoms with Crippen LogP contribution in [-0.2, 0) is 6.54 Å². The van der Waals surface area contributed by atoms with Gasteiger partial charge in [-0.3, -0.25) is 9.78 Å². The molecule has 264 valence electrons. The van der Waals surface area contributed by atoms with E-state index < -0.39 is 11.9 Å². The summed E-state index contributed by atoms with van der Waals surface area (Å²) in [4.78, 5) is 38.5. The van der Waals surface area contributed by atoms with Gasteiger partial charge in [0.15, 0.2) is 0 Å². The number of benzene rings is 6. The van der Waals surface area contributed by atoms with Crippen LogP contribution in [0.4, 0.5) is 11.4 Å². The standard InChI is InChI=1S/C43H31ClN6O4/c44-36-12-6-26(21-37(36)51)40-39(24-13-15-47-16-14-24)49-41(50-40)25-3-1-23(2-4-25)22-48-42(52)27-5-9-34(35(20-27)43(53)54)38-32-10-7-30(45)18-28(32)17-29-19-31(46)8-11-33(29)38/h1-21,51H,22,45-46H2,(H,48,52)(H,49,50)(H,53,54). The number of rotatable bonds is 8. The second kappa shape index (κ2) is 13.8. The van der Waals surface area contributed by atoms with Crippen molar-refractivity contribution in [1.29, 1.82) is 0 Å². The van der Waals surface area contributed by atoms with Gasteiger partial charge < -0.3 is 32.0 Å². The van der Waals surface area contributed by atoms with Crippen LogP contribution in [0, 0.1) is 0 Å². The van der Waals surface area contributed by atoms with Crippen molar-refractivity contribution in [2.24, 2.45) is 0 Å². The fourth-order valence-corrected chi connectivity index (χ4v) is 6.83. The third kappa shape index (κ3) is 6.42. The van der Waals surface area contributed by atoms with Crippen LogP contribution in [-0.4, -0.2) is 37.0 Å². The van der Waals surface area contributed by atoms with Gasteiger partial charge in [-0.1, -0.05) is 60.1 Å². The molecule has 0 spiro atoms. The first-order valence-corrected chi connectivity index (χ1v) is 17.3. The van der Waals surface area contributed by atoms with Crippen LogP contribution in [0.5, 0.6) is 5.75 Å². The maximum Gasteiger partial charge on any atom is 0.336 e. The van der Waals surface area contributed by atoms with Crippen LogP contribution in [0.2, 0.25) is 5.02 Å². The van der Waals surface area contributed by atoms with E-state index in [1.54, 1.807) is 54.9 Å². The van der Waals surface area contributed by atoms with Crippen molar-refractivity contribution < 1.29 is 19.8 Å². The second-order valence-corrected chi connectivity index (χ2v) is 13.3. The number of nitrogens with two attached hydrogens (primary N) is 2. The number of aromatic amines is 1. The van der Waals surface area contributed by atoms with Gasteiger partial charge in [-0.15, -0.1) is 0 Å². The molecule has 11 heteroatoms. The summed E-state index contributed by atoms with van der Waals surface area (Å²) in [7, 11) is 0. The van der Waals surface area contributed by atoms with E-state index in [4.69, 9.17) is 28.1 Å². The lowest BCUT2D eigenvalue weighted by molar-refractivity contribution is 0.0697. The van der Waals surface area contributed by atoms with Crippen molar-refractivity contribution >= 4 is 56.4 Å². The summed E-state index contributed by atoms with van der Waals surface area (Å²) in [6, 6.07) is 34.0. The van der Waals surface area contributed by atoms with Gasteiger partial charge in [0.1, 0.15) is 11.6 Å². The number of carbonyl (C=O) groups is 2. The molecule has 0 atom stereocenters. The van der Waals surface area contributed by atoms with Gasteiger partial charge in [-0.2, -0.15) is 0 Å². The fourth-order valence-electron chi connectivity index (χ4n) is 6.71. The Morgan fingerprint density at radius 1 is 0.741 bits per heavy atom. The molecule has 0 fully saturated rings. The Morgan fingerprint density at radius 3 is 2.06 bits per heavy atom. The molecule has 0 aliphatic carbocycles. The summed E-state index contributed by atoms with van der Waals surface area (Å²) in [5, 5.41) is 27.1. The number of hydrogen-bond donors (Lipinski definition) is 6. The fraction of sp³-hybridized carbons (Fsp3) is 0.0233. The van der Waals surface area contributed by atoms with Gasteiger partial charge >= 0.3 is 5.97 Å². The number of nitrogen functional groups attached to an aromatic ring is 2. The Bertz CT molecular complexity index is 2710. The highest BCUT2D eigenvalue weighted by Crippen LogP contribution is 2.40. The number of aromatic carboxylic acids is 1. The molecule has 2 aromatic heterocycles. The number of pyridine rings is 1. The summed E-state index contributed by atoms with van der Waals surface area (Å²) in [5.74, 6) is -1.02. The van der Waals surface area contributed by atoms with Crippen LogP contribution in [0.25, 0.3) is 66.6 Å². The number of carbonyl (C=O) groups excluding carboxylic acids is 1. The molecule has 0 radical (unpaired) electrons. The predicted molar refractivity (Wildman–Crippen MR) is 213 cm³/mol. The molecular formula is C43H31ClN6O4. The van der Waals surface area contributed by atoms with Crippen molar-refractivity contribution in [1.82, 2.24) is 20.3 Å². The Balaban J connectivity index is 1.05. The largest absolute Gasteiger partial charge is 0.506 e. The first-order valence-electron chi connectivity index (χ1n) is 16.9. The number of phenolic OH excluding ortho intramolecular Hbond substituents is 1. The number of anilines is 2. The number of amides is 1. The highest BCUT2D eigenvalue weighted by atomic mass is 35.5. The molecule has 8 aromatic rings. The summed E-state index contributed by atoms with van der Waals surface area (Å²) in [6.07, 6.45) is 3.39. The SMILES string of the molecule is Nc1ccc2c(-c3ccc(C(=O)NCc4ccc(-c5nc(-c6ccc(Cl)c(O)c6)c(-c6ccncc6)[nH]5)cc4)cc3C(=O)O)c3ccc(N)cc3cc2c1. The van der Waals surface area contributed by atoms with Gasteiger partial charge in [0.25, 0.3) is 5.91 Å². The van der Waals surface area contributed by atoms with Crippen LogP contribution in [0.3, 0.4) is 0 Å². The average molecular weight is 731 g/mol. The highest BCUT2D eigenvalue weighted by Gasteiger charge is 2.21. The van der Waals surface area contributed by atoms with Crippen LogP contribution < -0.4 is 16.8 Å². The lowest BCUT2D eigenvalue weighted by Gasteiger charge is -2.16. The number of nitrogens with one attached hydrogen (secondary N) is 2. The Kier molecular flexibility index (Phi) is 8.65. The summed E-state index contributed by atoms with van der Waals surface area (Å²) >= 11 is 6.07. The first-order chi connectivity index (χ1) is 26.1. The minimum absolute atomic E-state index is 0.00721. The van der Waals surface area contributed by atoms with Gasteiger partial charge in [0.05, 0.1) is 22.0 Å². The number of aromatic hydroxyl groups is 1. The molecule has 0 unspecified atom stereocenters. The molecule has 0 aliphatic heterocycles. The zero-order valence-electron chi connectivity index (χ0n) is 28.5. The molecule has 0 saturated carbocycles. The van der Waals surface area contributed by atoms with E-state index >= 15 is 0 Å². The Labute approximate surface area is 313 Å². The minimum Gasteiger partial charge on any atom is -0.506 e. The summed E-state index contributed by atoms with van der Waals surface area (Å²) < 4.78 is 0. The van der Waals surface area contributed by atoms with Crippen molar-refractivity contribution in [3.05, 3.63) is 149 Å². The van der Waals surface area contributed by atoms with Gasteiger partial charge in [0.2, 0.25) is 0 Å². The zero-order chi connectivity index (χ0) is 37.5. The molecule has 0 saturated heterocycles. The van der Waals surface area contributed by atoms with E-state index in [1.165, 1.54) is 6.07 Å². The smallest absolute Gasteiger partial charge is 0.336 e. The quantitative estimate of drug-likeness (QED) is 0.0662. The van der Waals surface area contributed by atoms with E-state index in [1.807, 2.05) is 66.7 Å². The first kappa shape index (κ1) is 33.9. The molecule has 10 nitrogen and oxygen atoms in total. The average Bonchev–Trinajstić information content (AvgIpc) is 3.63. The van der Waals surface area contributed by atoms with Crippen LogP contribution in [0.15, 0.2) is 128 Å². The molecule has 1 amide bonds. The molecule has 0 bridgehead atoms. The molecule has 8 rings (SSSR count). The number of halogens is 1. The lowest BCUT2D eigenvalue weighted by Crippen LogP contribution is -2.23. The van der Waals surface area contributed by atoms with Crippen LogP contribution in [0.1, 0.15) is 26.3 Å². The molecule has 54 heavy (non-hydrogen) atoms. The molecule has 6 aromatic carbocycles. The second-order valence-electron chi connectivity index (χ2n) is 12.9. The summed E-state index contributed by atoms with van der Waals surface area (Å²) in [5.41, 5.74) is 19.3. The van der Waals surface area contributed by atoms with E-state index in [2.05, 4.69) is 15.3 Å². The number of H-pyrrole nitrogens is 1. The number of aromatic nitrogens is 3. The number of phenols is 1. The van der Waals surface area contributed by atoms with Crippen molar-refractivity contribution in [3.8, 4) is 50.8 Å². The molecule has 8 N–H and O–H groups in total. The number of fused-ring (bicyclic) bond motifs is 2. The Morgan fingerprint density at radius 2 is 1.41 bits per heavy atom. The normalized spacial score (nSPS) is 11.2. The summed E-state index contributed by atoms with van der Waals surface area (Å²) in [6.45, 7) is 0.204. The van der Waals surface area contributed by atoms with Crippen LogP contribution >= 0.6 is 11.6 Å². The van der Waals surface area contributed by atoms with E-state index in [0.29, 0.717) is 34.0 Å². The molecular weight excluding hydrogens is 700 g/mol. The predicted octanol–water partition coefficient (Wildman–Crippen LogP) is 8.93. The van der Waals surface area contributed by atoms with E-state index in [9.17, 15) is 19.8 Å². The number of carboxylic acid groups (broad SMARTS) is 1. The third-order valence-electron chi connectivity index (χ3n) is 9.36. The highest BCUT2D eigenvalue weighted by molar-refractivity contribution is 6.32.